The van der Waals surface area contributed by atoms with Gasteiger partial charge in [-0.05, 0) is 0 Å². The summed E-state index contributed by atoms with van der Waals surface area (Å²) in [5.41, 5.74) is 1.43. The lowest BCUT2D eigenvalue weighted by Gasteiger charge is -2.25. The van der Waals surface area contributed by atoms with Gasteiger partial charge < -0.3 is 9.84 Å². The minimum Gasteiger partial charge on any atom is -0.477 e. The number of carboxylic acids is 1. The maximum Gasteiger partial charge on any atom is 0.348 e. The topological polar surface area (TPSA) is 62.7 Å². The van der Waals surface area contributed by atoms with E-state index in [-0.39, 0.29) is 0 Å². The number of hydrogen-bond acceptors (Lipinski definition) is 5. The Balaban J connectivity index is 1.76. The molecule has 0 aliphatic carbocycles. The molecule has 0 spiro atoms. The maximum absolute atomic E-state index is 11.5. The highest BCUT2D eigenvalue weighted by Gasteiger charge is 2.19. The Morgan fingerprint density at radius 2 is 2.00 bits per heavy atom. The fraction of sp³-hybridized carbons (Fsp3) is 0.375. The van der Waals surface area contributed by atoms with Crippen molar-refractivity contribution in [1.29, 1.82) is 0 Å². The lowest BCUT2D eigenvalue weighted by Crippen LogP contribution is -2.37. The number of rotatable bonds is 5. The van der Waals surface area contributed by atoms with Crippen LogP contribution in [0.4, 0.5) is 0 Å². The Bertz CT molecular complexity index is 636. The first-order chi connectivity index (χ1) is 10.7. The number of hydrogen-bond donors (Lipinski definition) is 1. The van der Waals surface area contributed by atoms with E-state index in [9.17, 15) is 9.90 Å². The van der Waals surface area contributed by atoms with Gasteiger partial charge in [0.1, 0.15) is 4.88 Å². The van der Waals surface area contributed by atoms with Crippen LogP contribution in [0.15, 0.2) is 30.3 Å². The molecular formula is C16H18N2O3S. The van der Waals surface area contributed by atoms with Crippen LogP contribution < -0.4 is 0 Å². The molecule has 0 unspecified atom stereocenters. The van der Waals surface area contributed by atoms with Crippen molar-refractivity contribution in [2.24, 2.45) is 0 Å². The molecule has 1 aromatic heterocycles. The molecule has 0 radical (unpaired) electrons. The molecule has 5 nitrogen and oxygen atoms in total. The number of thiazole rings is 1. The monoisotopic (exact) mass is 318 g/mol. The standard InChI is InChI=1S/C16H18N2O3S/c19-16(20)15-14(12-4-2-1-3-5-12)17-13(22-15)6-7-18-8-10-21-11-9-18/h1-5H,6-11H2,(H,19,20). The fourth-order valence-electron chi connectivity index (χ4n) is 2.49. The van der Waals surface area contributed by atoms with Gasteiger partial charge in [0.25, 0.3) is 0 Å². The van der Waals surface area contributed by atoms with Crippen molar-refractivity contribution in [3.63, 3.8) is 0 Å². The first-order valence-corrected chi connectivity index (χ1v) is 8.14. The SMILES string of the molecule is O=C(O)c1sc(CCN2CCOCC2)nc1-c1ccccc1. The smallest absolute Gasteiger partial charge is 0.348 e. The average molecular weight is 318 g/mol. The summed E-state index contributed by atoms with van der Waals surface area (Å²) in [4.78, 5) is 18.7. The van der Waals surface area contributed by atoms with Crippen LogP contribution in [-0.4, -0.2) is 53.8 Å². The Kier molecular flexibility index (Phi) is 4.82. The van der Waals surface area contributed by atoms with E-state index in [1.54, 1.807) is 0 Å². The van der Waals surface area contributed by atoms with Crippen molar-refractivity contribution in [1.82, 2.24) is 9.88 Å². The molecule has 1 aliphatic rings. The third-order valence-corrected chi connectivity index (χ3v) is 4.76. The Morgan fingerprint density at radius 1 is 1.27 bits per heavy atom. The number of aromatic nitrogens is 1. The van der Waals surface area contributed by atoms with Crippen molar-refractivity contribution in [3.8, 4) is 11.3 Å². The van der Waals surface area contributed by atoms with Crippen LogP contribution in [0.25, 0.3) is 11.3 Å². The van der Waals surface area contributed by atoms with E-state index in [2.05, 4.69) is 9.88 Å². The normalized spacial score (nSPS) is 15.8. The molecule has 1 aliphatic heterocycles. The lowest BCUT2D eigenvalue weighted by molar-refractivity contribution is 0.0384. The average Bonchev–Trinajstić information content (AvgIpc) is 2.99. The molecule has 2 aromatic rings. The summed E-state index contributed by atoms with van der Waals surface area (Å²) in [6, 6.07) is 9.50. The summed E-state index contributed by atoms with van der Waals surface area (Å²) >= 11 is 1.28. The Hall–Kier alpha value is -1.76. The van der Waals surface area contributed by atoms with Gasteiger partial charge in [-0.1, -0.05) is 30.3 Å². The van der Waals surface area contributed by atoms with Crippen LogP contribution in [-0.2, 0) is 11.2 Å². The molecular weight excluding hydrogens is 300 g/mol. The van der Waals surface area contributed by atoms with Crippen molar-refractivity contribution < 1.29 is 14.6 Å². The number of aromatic carboxylic acids is 1. The second kappa shape index (κ2) is 7.00. The number of morpholine rings is 1. The van der Waals surface area contributed by atoms with Gasteiger partial charge in [-0.2, -0.15) is 0 Å². The Labute approximate surface area is 133 Å². The highest BCUT2D eigenvalue weighted by atomic mass is 32.1. The molecule has 116 valence electrons. The zero-order valence-corrected chi connectivity index (χ0v) is 13.0. The van der Waals surface area contributed by atoms with Gasteiger partial charge in [-0.25, -0.2) is 9.78 Å². The zero-order valence-electron chi connectivity index (χ0n) is 12.2. The molecule has 1 fully saturated rings. The molecule has 1 aromatic carbocycles. The largest absolute Gasteiger partial charge is 0.477 e. The number of carbonyl (C=O) groups is 1. The Morgan fingerprint density at radius 3 is 2.68 bits per heavy atom. The minimum atomic E-state index is -0.908. The van der Waals surface area contributed by atoms with Crippen LogP contribution in [0.5, 0.6) is 0 Å². The van der Waals surface area contributed by atoms with E-state index in [1.807, 2.05) is 30.3 Å². The minimum absolute atomic E-state index is 0.322. The third-order valence-electron chi connectivity index (χ3n) is 3.66. The first kappa shape index (κ1) is 15.1. The second-order valence-corrected chi connectivity index (χ2v) is 6.24. The van der Waals surface area contributed by atoms with Crippen LogP contribution in [0, 0.1) is 0 Å². The number of carboxylic acid groups (broad SMARTS) is 1. The van der Waals surface area contributed by atoms with Crippen molar-refractivity contribution in [2.75, 3.05) is 32.8 Å². The summed E-state index contributed by atoms with van der Waals surface area (Å²) in [6.45, 7) is 4.30. The van der Waals surface area contributed by atoms with Crippen molar-refractivity contribution >= 4 is 17.3 Å². The van der Waals surface area contributed by atoms with Gasteiger partial charge in [-0.15, -0.1) is 11.3 Å². The third kappa shape index (κ3) is 3.52. The molecule has 0 bridgehead atoms. The van der Waals surface area contributed by atoms with E-state index in [0.29, 0.717) is 10.6 Å². The zero-order chi connectivity index (χ0) is 15.4. The predicted octanol–water partition coefficient (Wildman–Crippen LogP) is 2.38. The summed E-state index contributed by atoms with van der Waals surface area (Å²) < 4.78 is 5.33. The summed E-state index contributed by atoms with van der Waals surface area (Å²) in [6.07, 6.45) is 0.776. The van der Waals surface area contributed by atoms with Gasteiger partial charge in [0.05, 0.1) is 23.9 Å². The number of nitrogens with zero attached hydrogens (tertiary/aromatic N) is 2. The highest BCUT2D eigenvalue weighted by molar-refractivity contribution is 7.14. The fourth-order valence-corrected chi connectivity index (χ4v) is 3.40. The molecule has 3 rings (SSSR count). The van der Waals surface area contributed by atoms with Crippen LogP contribution >= 0.6 is 11.3 Å². The van der Waals surface area contributed by atoms with Crippen molar-refractivity contribution in [2.45, 2.75) is 6.42 Å². The quantitative estimate of drug-likeness (QED) is 0.917. The van der Waals surface area contributed by atoms with E-state index in [4.69, 9.17) is 4.74 Å². The second-order valence-electron chi connectivity index (χ2n) is 5.16. The number of benzene rings is 1. The molecule has 2 heterocycles. The van der Waals surface area contributed by atoms with Crippen LogP contribution in [0.2, 0.25) is 0 Å². The van der Waals surface area contributed by atoms with Crippen molar-refractivity contribution in [3.05, 3.63) is 40.2 Å². The molecule has 6 heteroatoms. The molecule has 1 N–H and O–H groups in total. The van der Waals surface area contributed by atoms with Crippen LogP contribution in [0.1, 0.15) is 14.7 Å². The lowest BCUT2D eigenvalue weighted by atomic mass is 10.1. The van der Waals surface area contributed by atoms with E-state index in [1.165, 1.54) is 11.3 Å². The van der Waals surface area contributed by atoms with Crippen LogP contribution in [0.3, 0.4) is 0 Å². The van der Waals surface area contributed by atoms with Gasteiger partial charge in [-0.3, -0.25) is 4.90 Å². The molecule has 1 saturated heterocycles. The highest BCUT2D eigenvalue weighted by Crippen LogP contribution is 2.28. The van der Waals surface area contributed by atoms with E-state index < -0.39 is 5.97 Å². The summed E-state index contributed by atoms with van der Waals surface area (Å²) in [5, 5.41) is 10.3. The molecule has 0 atom stereocenters. The number of ether oxygens (including phenoxy) is 1. The molecule has 0 saturated carbocycles. The molecule has 0 amide bonds. The maximum atomic E-state index is 11.5. The van der Waals surface area contributed by atoms with Gasteiger partial charge in [0.15, 0.2) is 0 Å². The predicted molar refractivity (Wildman–Crippen MR) is 85.5 cm³/mol. The summed E-state index contributed by atoms with van der Waals surface area (Å²) in [7, 11) is 0. The first-order valence-electron chi connectivity index (χ1n) is 7.32. The van der Waals surface area contributed by atoms with E-state index >= 15 is 0 Å². The van der Waals surface area contributed by atoms with E-state index in [0.717, 1.165) is 49.8 Å². The van der Waals surface area contributed by atoms with Gasteiger partial charge in [0.2, 0.25) is 0 Å². The summed E-state index contributed by atoms with van der Waals surface area (Å²) in [5.74, 6) is -0.908. The van der Waals surface area contributed by atoms with Gasteiger partial charge >= 0.3 is 5.97 Å². The van der Waals surface area contributed by atoms with Gasteiger partial charge in [0, 0.05) is 31.6 Å². The molecule has 22 heavy (non-hydrogen) atoms.